The summed E-state index contributed by atoms with van der Waals surface area (Å²) in [6, 6.07) is 0. The predicted molar refractivity (Wildman–Crippen MR) is 60.7 cm³/mol. The topological polar surface area (TPSA) is 37.4 Å². The molecule has 3 nitrogen and oxygen atoms in total. The first-order chi connectivity index (χ1) is 6.88. The van der Waals surface area contributed by atoms with Gasteiger partial charge in [-0.1, -0.05) is 20.4 Å². The zero-order chi connectivity index (χ0) is 11.3. The molecule has 0 bridgehead atoms. The van der Waals surface area contributed by atoms with Gasteiger partial charge in [0.15, 0.2) is 0 Å². The van der Waals surface area contributed by atoms with E-state index in [1.165, 1.54) is 17.1 Å². The van der Waals surface area contributed by atoms with Crippen molar-refractivity contribution in [2.45, 2.75) is 26.7 Å². The summed E-state index contributed by atoms with van der Waals surface area (Å²) in [6.45, 7) is 9.26. The molecule has 15 heavy (non-hydrogen) atoms. The first kappa shape index (κ1) is 11.1. The van der Waals surface area contributed by atoms with Crippen LogP contribution in [0.25, 0.3) is 0 Å². The second-order valence-corrected chi connectivity index (χ2v) is 7.27. The van der Waals surface area contributed by atoms with Crippen LogP contribution in [0.15, 0.2) is 12.0 Å². The number of sulfonamides is 1. The molecule has 2 rings (SSSR count). The Morgan fingerprint density at radius 1 is 1.40 bits per heavy atom. The fourth-order valence-corrected chi connectivity index (χ4v) is 3.89. The molecule has 0 atom stereocenters. The monoisotopic (exact) mass is 229 g/mol. The lowest BCUT2D eigenvalue weighted by Gasteiger charge is -2.59. The van der Waals surface area contributed by atoms with E-state index in [0.29, 0.717) is 18.5 Å². The van der Waals surface area contributed by atoms with Crippen LogP contribution in [0.4, 0.5) is 0 Å². The average Bonchev–Trinajstić information content (AvgIpc) is 1.98. The number of rotatable bonds is 3. The van der Waals surface area contributed by atoms with Crippen LogP contribution in [-0.4, -0.2) is 25.8 Å². The third-order valence-corrected chi connectivity index (χ3v) is 5.33. The van der Waals surface area contributed by atoms with Gasteiger partial charge in [0.2, 0.25) is 10.0 Å². The second kappa shape index (κ2) is 3.32. The van der Waals surface area contributed by atoms with E-state index in [9.17, 15) is 8.42 Å². The number of nitrogens with zero attached hydrogens (tertiary/aromatic N) is 1. The van der Waals surface area contributed by atoms with Crippen LogP contribution in [-0.2, 0) is 10.0 Å². The van der Waals surface area contributed by atoms with Gasteiger partial charge in [0.1, 0.15) is 0 Å². The quantitative estimate of drug-likeness (QED) is 0.740. The van der Waals surface area contributed by atoms with Crippen LogP contribution in [0.2, 0.25) is 0 Å². The SMILES string of the molecule is C=CS(=O)(=O)N1CC2(CC(C(C)C)C2)C1. The van der Waals surface area contributed by atoms with Crippen LogP contribution in [0.3, 0.4) is 0 Å². The molecule has 1 spiro atoms. The highest BCUT2D eigenvalue weighted by Gasteiger charge is 2.55. The minimum absolute atomic E-state index is 0.324. The number of hydrogen-bond donors (Lipinski definition) is 0. The van der Waals surface area contributed by atoms with E-state index in [1.54, 1.807) is 0 Å². The largest absolute Gasteiger partial charge is 0.235 e. The molecular weight excluding hydrogens is 210 g/mol. The van der Waals surface area contributed by atoms with Gasteiger partial charge in [-0.15, -0.1) is 0 Å². The van der Waals surface area contributed by atoms with E-state index in [4.69, 9.17) is 0 Å². The third-order valence-electron chi connectivity index (χ3n) is 3.93. The molecule has 1 heterocycles. The van der Waals surface area contributed by atoms with E-state index in [-0.39, 0.29) is 0 Å². The average molecular weight is 229 g/mol. The summed E-state index contributed by atoms with van der Waals surface area (Å²) in [5.41, 5.74) is 0.324. The summed E-state index contributed by atoms with van der Waals surface area (Å²) in [7, 11) is -3.15. The zero-order valence-electron chi connectivity index (χ0n) is 9.44. The van der Waals surface area contributed by atoms with Gasteiger partial charge >= 0.3 is 0 Å². The maximum atomic E-state index is 11.4. The fourth-order valence-electron chi connectivity index (χ4n) is 2.77. The minimum Gasteiger partial charge on any atom is -0.208 e. The first-order valence-electron chi connectivity index (χ1n) is 5.51. The van der Waals surface area contributed by atoms with Crippen molar-refractivity contribution < 1.29 is 8.42 Å². The lowest BCUT2D eigenvalue weighted by Crippen LogP contribution is -2.63. The summed E-state index contributed by atoms with van der Waals surface area (Å²) in [5, 5.41) is 1.05. The molecule has 4 heteroatoms. The highest BCUT2D eigenvalue weighted by Crippen LogP contribution is 2.54. The second-order valence-electron chi connectivity index (χ2n) is 5.39. The predicted octanol–water partition coefficient (Wildman–Crippen LogP) is 1.83. The van der Waals surface area contributed by atoms with Gasteiger partial charge < -0.3 is 0 Å². The van der Waals surface area contributed by atoms with Gasteiger partial charge in [0.25, 0.3) is 0 Å². The Labute approximate surface area is 92.2 Å². The highest BCUT2D eigenvalue weighted by molar-refractivity contribution is 7.92. The van der Waals surface area contributed by atoms with Gasteiger partial charge in [0.05, 0.1) is 0 Å². The van der Waals surface area contributed by atoms with E-state index in [0.717, 1.165) is 17.2 Å². The Balaban J connectivity index is 1.88. The standard InChI is InChI=1S/C11H19NO2S/c1-4-15(13,14)12-7-11(8-12)5-10(6-11)9(2)3/h4,9-10H,1,5-8H2,2-3H3. The zero-order valence-corrected chi connectivity index (χ0v) is 10.3. The molecule has 0 amide bonds. The van der Waals surface area contributed by atoms with E-state index in [2.05, 4.69) is 20.4 Å². The van der Waals surface area contributed by atoms with Crippen molar-refractivity contribution in [3.63, 3.8) is 0 Å². The smallest absolute Gasteiger partial charge is 0.208 e. The molecule has 0 N–H and O–H groups in total. The molecule has 0 radical (unpaired) electrons. The Hall–Kier alpha value is -0.350. The van der Waals surface area contributed by atoms with Crippen LogP contribution in [0, 0.1) is 17.3 Å². The van der Waals surface area contributed by atoms with E-state index < -0.39 is 10.0 Å². The van der Waals surface area contributed by atoms with Crippen LogP contribution >= 0.6 is 0 Å². The van der Waals surface area contributed by atoms with Crippen molar-refractivity contribution in [2.24, 2.45) is 17.3 Å². The Bertz CT molecular complexity index is 358. The van der Waals surface area contributed by atoms with Crippen molar-refractivity contribution in [3.8, 4) is 0 Å². The van der Waals surface area contributed by atoms with Crippen molar-refractivity contribution in [1.29, 1.82) is 0 Å². The Kier molecular flexibility index (Phi) is 2.47. The normalized spacial score (nSPS) is 26.3. The van der Waals surface area contributed by atoms with Gasteiger partial charge in [-0.3, -0.25) is 0 Å². The van der Waals surface area contributed by atoms with Crippen molar-refractivity contribution >= 4 is 10.0 Å². The maximum Gasteiger partial charge on any atom is 0.235 e. The molecule has 1 aliphatic carbocycles. The fraction of sp³-hybridized carbons (Fsp3) is 0.818. The molecule has 0 unspecified atom stereocenters. The molecule has 86 valence electrons. The molecule has 0 aromatic rings. The molecule has 0 aromatic heterocycles. The van der Waals surface area contributed by atoms with Crippen LogP contribution in [0.1, 0.15) is 26.7 Å². The van der Waals surface area contributed by atoms with Gasteiger partial charge in [0, 0.05) is 18.5 Å². The van der Waals surface area contributed by atoms with Crippen LogP contribution < -0.4 is 0 Å². The molecule has 1 saturated heterocycles. The summed E-state index contributed by atoms with van der Waals surface area (Å²) in [6.07, 6.45) is 2.40. The van der Waals surface area contributed by atoms with Gasteiger partial charge in [-0.05, 0) is 30.1 Å². The molecule has 1 aliphatic heterocycles. The highest BCUT2D eigenvalue weighted by atomic mass is 32.2. The Morgan fingerprint density at radius 3 is 2.33 bits per heavy atom. The van der Waals surface area contributed by atoms with E-state index >= 15 is 0 Å². The lowest BCUT2D eigenvalue weighted by atomic mass is 9.56. The molecular formula is C11H19NO2S. The molecule has 1 saturated carbocycles. The van der Waals surface area contributed by atoms with Crippen molar-refractivity contribution in [3.05, 3.63) is 12.0 Å². The Morgan fingerprint density at radius 2 is 1.93 bits per heavy atom. The van der Waals surface area contributed by atoms with Crippen LogP contribution in [0.5, 0.6) is 0 Å². The molecule has 0 aromatic carbocycles. The van der Waals surface area contributed by atoms with Gasteiger partial charge in [-0.2, -0.15) is 4.31 Å². The minimum atomic E-state index is -3.15. The van der Waals surface area contributed by atoms with E-state index in [1.807, 2.05) is 0 Å². The lowest BCUT2D eigenvalue weighted by molar-refractivity contribution is -0.0674. The first-order valence-corrected chi connectivity index (χ1v) is 7.01. The summed E-state index contributed by atoms with van der Waals surface area (Å²) in [4.78, 5) is 0. The number of hydrogen-bond acceptors (Lipinski definition) is 2. The molecule has 2 fully saturated rings. The van der Waals surface area contributed by atoms with Crippen molar-refractivity contribution in [2.75, 3.05) is 13.1 Å². The summed E-state index contributed by atoms with van der Waals surface area (Å²) in [5.74, 6) is 1.54. The van der Waals surface area contributed by atoms with Gasteiger partial charge in [-0.25, -0.2) is 8.42 Å². The maximum absolute atomic E-state index is 11.4. The summed E-state index contributed by atoms with van der Waals surface area (Å²) >= 11 is 0. The molecule has 2 aliphatic rings. The summed E-state index contributed by atoms with van der Waals surface area (Å²) < 4.78 is 24.4. The van der Waals surface area contributed by atoms with Crippen molar-refractivity contribution in [1.82, 2.24) is 4.31 Å². The third kappa shape index (κ3) is 1.74.